The third kappa shape index (κ3) is 9.85. The van der Waals surface area contributed by atoms with Crippen LogP contribution in [-0.2, 0) is 0 Å². The van der Waals surface area contributed by atoms with E-state index in [-0.39, 0.29) is 46.0 Å². The Kier molecular flexibility index (Phi) is 15.1. The summed E-state index contributed by atoms with van der Waals surface area (Å²) in [4.78, 5) is 47.2. The second-order valence-corrected chi connectivity index (χ2v) is 11.1. The molecule has 0 aliphatic rings. The van der Waals surface area contributed by atoms with E-state index in [1.807, 2.05) is 55.4 Å². The minimum atomic E-state index is -0.521. The van der Waals surface area contributed by atoms with Crippen molar-refractivity contribution in [2.24, 2.45) is 0 Å². The third-order valence-electron chi connectivity index (χ3n) is 6.91. The lowest BCUT2D eigenvalue weighted by Crippen LogP contribution is -2.26. The van der Waals surface area contributed by atoms with Crippen molar-refractivity contribution in [3.8, 4) is 0 Å². The van der Waals surface area contributed by atoms with E-state index in [1.165, 1.54) is 24.3 Å². The lowest BCUT2D eigenvalue weighted by atomic mass is 10.00. The molecule has 2 aromatic rings. The van der Waals surface area contributed by atoms with Crippen LogP contribution >= 0.6 is 0 Å². The summed E-state index contributed by atoms with van der Waals surface area (Å²) in [6, 6.07) is 5.85. The van der Waals surface area contributed by atoms with Gasteiger partial charge in [-0.25, -0.2) is 0 Å². The molecule has 244 valence electrons. The normalized spacial score (nSPS) is 10.8. The minimum absolute atomic E-state index is 0.0164. The monoisotopic (exact) mass is 618 g/mol. The van der Waals surface area contributed by atoms with Crippen LogP contribution in [0.4, 0.5) is 34.1 Å². The molecule has 44 heavy (non-hydrogen) atoms. The van der Waals surface area contributed by atoms with Gasteiger partial charge >= 0.3 is 0 Å². The molecule has 0 bridgehead atoms. The molecule has 0 amide bonds. The number of benzene rings is 2. The smallest absolute Gasteiger partial charge is 0.299 e. The Hall–Kier alpha value is -4.36. The Labute approximate surface area is 258 Å². The van der Waals surface area contributed by atoms with Crippen LogP contribution in [0.15, 0.2) is 24.3 Å². The van der Waals surface area contributed by atoms with Crippen molar-refractivity contribution >= 4 is 34.1 Å². The lowest BCUT2D eigenvalue weighted by Gasteiger charge is -2.23. The zero-order valence-electron chi connectivity index (χ0n) is 27.1. The molecule has 0 saturated carbocycles. The summed E-state index contributed by atoms with van der Waals surface area (Å²) < 4.78 is 0. The number of rotatable bonds is 16. The molecule has 0 aliphatic heterocycles. The number of hydrogen-bond donors (Lipinski definition) is 0. The van der Waals surface area contributed by atoms with E-state index in [2.05, 4.69) is 0 Å². The van der Waals surface area contributed by atoms with E-state index in [9.17, 15) is 40.5 Å². The van der Waals surface area contributed by atoms with Crippen LogP contribution in [0.3, 0.4) is 0 Å². The number of nitro groups is 4. The fourth-order valence-corrected chi connectivity index (χ4v) is 4.87. The first kappa shape index (κ1) is 37.7. The number of nitrogens with zero attached hydrogens (tertiary/aromatic N) is 6. The SMILES string of the molecule is CCCN(CCC)c1c([N+](=O)[O-])cc(C(C)C)cc1[N+](=O)[O-].CCCN(CCC)c1c([N+](=O)[O-])cc(C(C)C)cc1[N+](=O)[O-]. The molecule has 0 atom stereocenters. The highest BCUT2D eigenvalue weighted by molar-refractivity contribution is 5.77. The quantitative estimate of drug-likeness (QED) is 0.131. The topological polar surface area (TPSA) is 179 Å². The van der Waals surface area contributed by atoms with E-state index < -0.39 is 19.7 Å². The van der Waals surface area contributed by atoms with Gasteiger partial charge in [0.1, 0.15) is 0 Å². The predicted molar refractivity (Wildman–Crippen MR) is 173 cm³/mol. The molecular formula is C30H46N6O8. The second kappa shape index (κ2) is 17.7. The Bertz CT molecular complexity index is 1130. The molecule has 0 heterocycles. The van der Waals surface area contributed by atoms with Gasteiger partial charge in [0.15, 0.2) is 11.4 Å². The van der Waals surface area contributed by atoms with Crippen LogP contribution in [0.25, 0.3) is 0 Å². The van der Waals surface area contributed by atoms with Crippen molar-refractivity contribution in [3.63, 3.8) is 0 Å². The molecule has 0 spiro atoms. The van der Waals surface area contributed by atoms with Gasteiger partial charge in [0, 0.05) is 50.4 Å². The average Bonchev–Trinajstić information content (AvgIpc) is 2.95. The van der Waals surface area contributed by atoms with E-state index >= 15 is 0 Å². The summed E-state index contributed by atoms with van der Waals surface area (Å²) in [5.74, 6) is -0.0329. The summed E-state index contributed by atoms with van der Waals surface area (Å²) in [7, 11) is 0. The maximum Gasteiger partial charge on any atom is 0.299 e. The first-order valence-electron chi connectivity index (χ1n) is 15.1. The van der Waals surface area contributed by atoms with E-state index in [1.54, 1.807) is 9.80 Å². The van der Waals surface area contributed by atoms with Crippen LogP contribution in [-0.4, -0.2) is 45.9 Å². The molecule has 0 fully saturated rings. The summed E-state index contributed by atoms with van der Waals surface area (Å²) in [5, 5.41) is 45.8. The first-order chi connectivity index (χ1) is 20.7. The van der Waals surface area contributed by atoms with E-state index in [4.69, 9.17) is 0 Å². The van der Waals surface area contributed by atoms with Crippen molar-refractivity contribution in [1.29, 1.82) is 0 Å². The highest BCUT2D eigenvalue weighted by Gasteiger charge is 2.32. The largest absolute Gasteiger partial charge is 0.360 e. The van der Waals surface area contributed by atoms with Crippen LogP contribution < -0.4 is 9.80 Å². The van der Waals surface area contributed by atoms with Crippen molar-refractivity contribution in [2.45, 2.75) is 92.9 Å². The van der Waals surface area contributed by atoms with Crippen molar-refractivity contribution in [3.05, 3.63) is 75.8 Å². The standard InChI is InChI=1S/2C15H23N3O4/c2*1-5-7-16(8-6-2)15-13(17(19)20)9-12(11(3)4)10-14(15)18(21)22/h2*9-11H,5-8H2,1-4H3. The molecule has 14 heteroatoms. The van der Waals surface area contributed by atoms with Gasteiger partial charge in [0.05, 0.1) is 19.7 Å². The maximum atomic E-state index is 11.4. The summed E-state index contributed by atoms with van der Waals surface area (Å²) >= 11 is 0. The molecule has 0 saturated heterocycles. The van der Waals surface area contributed by atoms with Crippen LogP contribution in [0.1, 0.15) is 104 Å². The van der Waals surface area contributed by atoms with Gasteiger partial charge in [0.25, 0.3) is 22.7 Å². The summed E-state index contributed by atoms with van der Waals surface area (Å²) in [5.41, 5.74) is 0.746. The van der Waals surface area contributed by atoms with Crippen molar-refractivity contribution in [2.75, 3.05) is 36.0 Å². The van der Waals surface area contributed by atoms with E-state index in [0.29, 0.717) is 37.3 Å². The highest BCUT2D eigenvalue weighted by atomic mass is 16.6. The molecular weight excluding hydrogens is 572 g/mol. The number of nitro benzene ring substituents is 4. The van der Waals surface area contributed by atoms with Gasteiger partial charge in [-0.15, -0.1) is 0 Å². The summed E-state index contributed by atoms with van der Waals surface area (Å²) in [6.07, 6.45) is 3.06. The molecule has 0 N–H and O–H groups in total. The van der Waals surface area contributed by atoms with Gasteiger partial charge < -0.3 is 9.80 Å². The molecule has 14 nitrogen and oxygen atoms in total. The maximum absolute atomic E-state index is 11.4. The Balaban J connectivity index is 0.000000440. The second-order valence-electron chi connectivity index (χ2n) is 11.1. The van der Waals surface area contributed by atoms with Gasteiger partial charge in [-0.1, -0.05) is 55.4 Å². The fourth-order valence-electron chi connectivity index (χ4n) is 4.87. The molecule has 2 aromatic carbocycles. The summed E-state index contributed by atoms with van der Waals surface area (Å²) in [6.45, 7) is 17.4. The minimum Gasteiger partial charge on any atom is -0.360 e. The molecule has 0 aliphatic carbocycles. The molecule has 2 rings (SSSR count). The van der Waals surface area contributed by atoms with Gasteiger partial charge in [-0.3, -0.25) is 40.5 Å². The average molecular weight is 619 g/mol. The molecule has 0 unspecified atom stereocenters. The first-order valence-corrected chi connectivity index (χ1v) is 15.1. The highest BCUT2D eigenvalue weighted by Crippen LogP contribution is 2.42. The number of hydrogen-bond acceptors (Lipinski definition) is 10. The third-order valence-corrected chi connectivity index (χ3v) is 6.91. The van der Waals surface area contributed by atoms with Gasteiger partial charge in [0.2, 0.25) is 0 Å². The molecule has 0 aromatic heterocycles. The Morgan fingerprint density at radius 3 is 0.841 bits per heavy atom. The van der Waals surface area contributed by atoms with Crippen LogP contribution in [0.5, 0.6) is 0 Å². The van der Waals surface area contributed by atoms with Crippen molar-refractivity contribution < 1.29 is 19.7 Å². The Morgan fingerprint density at radius 1 is 0.500 bits per heavy atom. The van der Waals surface area contributed by atoms with Crippen LogP contribution in [0.2, 0.25) is 0 Å². The zero-order valence-corrected chi connectivity index (χ0v) is 27.1. The van der Waals surface area contributed by atoms with Crippen LogP contribution in [0, 0.1) is 40.5 Å². The van der Waals surface area contributed by atoms with Crippen molar-refractivity contribution in [1.82, 2.24) is 0 Å². The van der Waals surface area contributed by atoms with Gasteiger partial charge in [-0.05, 0) is 48.6 Å². The molecule has 0 radical (unpaired) electrons. The number of anilines is 2. The predicted octanol–water partition coefficient (Wildman–Crippen LogP) is 8.51. The Morgan fingerprint density at radius 2 is 0.705 bits per heavy atom. The van der Waals surface area contributed by atoms with E-state index in [0.717, 1.165) is 25.7 Å². The van der Waals surface area contributed by atoms with Gasteiger partial charge in [-0.2, -0.15) is 0 Å². The fraction of sp³-hybridized carbons (Fsp3) is 0.600. The zero-order chi connectivity index (χ0) is 33.7. The lowest BCUT2D eigenvalue weighted by molar-refractivity contribution is -0.393.